The normalized spacial score (nSPS) is 11.6. The minimum Gasteiger partial charge on any atom is -0.550 e. The van der Waals surface area contributed by atoms with Gasteiger partial charge in [0.1, 0.15) is 0 Å². The van der Waals surface area contributed by atoms with E-state index in [-0.39, 0.29) is 34.4 Å². The number of halogens is 2. The van der Waals surface area contributed by atoms with Crippen LogP contribution in [0.1, 0.15) is 17.9 Å². The number of carboxylic acids is 1. The van der Waals surface area contributed by atoms with Crippen LogP contribution in [0.25, 0.3) is 23.0 Å². The summed E-state index contributed by atoms with van der Waals surface area (Å²) in [6.45, 7) is -3.10. The zero-order chi connectivity index (χ0) is 20.1. The minimum absolute atomic E-state index is 0.0614. The van der Waals surface area contributed by atoms with E-state index in [1.165, 1.54) is 36.7 Å². The lowest BCUT2D eigenvalue weighted by atomic mass is 10.1. The molecule has 0 aliphatic heterocycles. The van der Waals surface area contributed by atoms with Crippen molar-refractivity contribution in [1.82, 2.24) is 10.1 Å². The molecule has 10 heteroatoms. The number of nitrogens with zero attached hydrogens (tertiary/aromatic N) is 2. The van der Waals surface area contributed by atoms with Gasteiger partial charge in [0, 0.05) is 34.5 Å². The number of benzene rings is 1. The number of ether oxygens (including phenoxy) is 2. The van der Waals surface area contributed by atoms with Crippen molar-refractivity contribution in [2.45, 2.75) is 13.0 Å². The first-order valence-electron chi connectivity index (χ1n) is 7.86. The summed E-state index contributed by atoms with van der Waals surface area (Å²) in [4.78, 5) is 15.4. The third-order valence-electron chi connectivity index (χ3n) is 3.58. The third kappa shape index (κ3) is 4.52. The van der Waals surface area contributed by atoms with Gasteiger partial charge in [-0.25, -0.2) is 0 Å². The summed E-state index contributed by atoms with van der Waals surface area (Å²) < 4.78 is 40.4. The molecule has 0 bridgehead atoms. The predicted octanol–water partition coefficient (Wildman–Crippen LogP) is 3.09. The molecule has 146 valence electrons. The Balaban J connectivity index is 2.05. The van der Waals surface area contributed by atoms with Gasteiger partial charge in [-0.15, -0.1) is 0 Å². The van der Waals surface area contributed by atoms with E-state index in [0.29, 0.717) is 5.56 Å². The lowest BCUT2D eigenvalue weighted by Gasteiger charge is -2.13. The number of hydrogen-bond donors (Lipinski definition) is 0. The number of thiophene rings is 1. The van der Waals surface area contributed by atoms with Crippen LogP contribution in [0.15, 0.2) is 39.5 Å². The van der Waals surface area contributed by atoms with Gasteiger partial charge >= 0.3 is 6.61 Å². The first-order chi connectivity index (χ1) is 13.5. The Morgan fingerprint density at radius 2 is 2.21 bits per heavy atom. The van der Waals surface area contributed by atoms with Crippen LogP contribution in [0.2, 0.25) is 0 Å². The molecule has 0 atom stereocenters. The fourth-order valence-corrected chi connectivity index (χ4v) is 3.05. The second-order valence-electron chi connectivity index (χ2n) is 5.41. The number of hydrogen-bond acceptors (Lipinski definition) is 8. The summed E-state index contributed by atoms with van der Waals surface area (Å²) in [5.74, 6) is -1.38. The van der Waals surface area contributed by atoms with Gasteiger partial charge in [-0.3, -0.25) is 0 Å². The molecule has 0 saturated heterocycles. The summed E-state index contributed by atoms with van der Waals surface area (Å²) in [5, 5.41) is 18.6. The predicted molar refractivity (Wildman–Crippen MR) is 94.7 cm³/mol. The minimum atomic E-state index is -3.10. The van der Waals surface area contributed by atoms with Crippen molar-refractivity contribution in [2.75, 3.05) is 7.11 Å². The van der Waals surface area contributed by atoms with Gasteiger partial charge in [-0.2, -0.15) is 25.1 Å². The van der Waals surface area contributed by atoms with Gasteiger partial charge in [-0.05, 0) is 23.6 Å². The van der Waals surface area contributed by atoms with Crippen molar-refractivity contribution >= 4 is 29.0 Å². The fraction of sp³-hybridized carbons (Fsp3) is 0.167. The Labute approximate surface area is 161 Å². The summed E-state index contributed by atoms with van der Waals surface area (Å²) in [6.07, 6.45) is 0.734. The monoisotopic (exact) mass is 407 g/mol. The molecular formula is C18H13F2N2O5S-. The third-order valence-corrected chi connectivity index (χ3v) is 4.26. The molecule has 0 saturated carbocycles. The van der Waals surface area contributed by atoms with E-state index in [4.69, 9.17) is 9.26 Å². The van der Waals surface area contributed by atoms with E-state index in [2.05, 4.69) is 14.9 Å². The highest BCUT2D eigenvalue weighted by atomic mass is 32.1. The molecule has 28 heavy (non-hydrogen) atoms. The molecule has 0 N–H and O–H groups in total. The number of carbonyl (C=O) groups is 1. The second-order valence-corrected chi connectivity index (χ2v) is 6.19. The van der Waals surface area contributed by atoms with Gasteiger partial charge in [0.05, 0.1) is 7.11 Å². The van der Waals surface area contributed by atoms with E-state index in [1.54, 1.807) is 17.5 Å². The van der Waals surface area contributed by atoms with Crippen LogP contribution < -0.4 is 14.6 Å². The van der Waals surface area contributed by atoms with Crippen molar-refractivity contribution < 1.29 is 32.7 Å². The first kappa shape index (κ1) is 19.5. The Hall–Kier alpha value is -3.27. The smallest absolute Gasteiger partial charge is 0.387 e. The van der Waals surface area contributed by atoms with E-state index in [0.717, 1.165) is 0 Å². The maximum absolute atomic E-state index is 12.8. The van der Waals surface area contributed by atoms with Gasteiger partial charge in [-0.1, -0.05) is 17.3 Å². The van der Waals surface area contributed by atoms with Crippen LogP contribution in [0, 0.1) is 0 Å². The van der Waals surface area contributed by atoms with E-state index >= 15 is 0 Å². The van der Waals surface area contributed by atoms with Crippen LogP contribution in [0.3, 0.4) is 0 Å². The van der Waals surface area contributed by atoms with Crippen LogP contribution in [-0.2, 0) is 4.79 Å². The van der Waals surface area contributed by atoms with Gasteiger partial charge < -0.3 is 23.9 Å². The van der Waals surface area contributed by atoms with Gasteiger partial charge in [0.25, 0.3) is 5.89 Å². The quantitative estimate of drug-likeness (QED) is 0.566. The number of alkyl halides is 2. The molecule has 0 unspecified atom stereocenters. The van der Waals surface area contributed by atoms with Gasteiger partial charge in [0.2, 0.25) is 5.82 Å². The fourth-order valence-electron chi connectivity index (χ4n) is 2.42. The Morgan fingerprint density at radius 1 is 1.39 bits per heavy atom. The summed E-state index contributed by atoms with van der Waals surface area (Å²) in [5.41, 5.74) is 0.934. The number of aliphatic carboxylic acids is 1. The molecule has 0 aliphatic carbocycles. The second kappa shape index (κ2) is 8.61. The topological polar surface area (TPSA) is 97.5 Å². The highest BCUT2D eigenvalue weighted by Gasteiger charge is 2.18. The lowest BCUT2D eigenvalue weighted by Crippen LogP contribution is -2.22. The maximum Gasteiger partial charge on any atom is 0.387 e. The molecule has 0 spiro atoms. The molecule has 3 rings (SSSR count). The Bertz CT molecular complexity index is 986. The highest BCUT2D eigenvalue weighted by Crippen LogP contribution is 2.35. The number of aromatic nitrogens is 2. The summed E-state index contributed by atoms with van der Waals surface area (Å²) in [7, 11) is 1.30. The molecule has 7 nitrogen and oxygen atoms in total. The number of para-hydroxylation sites is 1. The van der Waals surface area contributed by atoms with Crippen molar-refractivity contribution in [3.8, 4) is 22.9 Å². The molecule has 2 aromatic heterocycles. The number of carboxylic acid groups (broad SMARTS) is 1. The highest BCUT2D eigenvalue weighted by molar-refractivity contribution is 7.08. The van der Waals surface area contributed by atoms with E-state index in [9.17, 15) is 18.7 Å². The Morgan fingerprint density at radius 3 is 2.86 bits per heavy atom. The SMILES string of the molecule is COc1cccc(/C=C(\CC(=O)[O-])c2nc(-c3ccsc3)no2)c1OC(F)F. The summed E-state index contributed by atoms with van der Waals surface area (Å²) >= 11 is 1.44. The largest absolute Gasteiger partial charge is 0.550 e. The summed E-state index contributed by atoms with van der Waals surface area (Å²) in [6, 6.07) is 6.23. The molecule has 0 fully saturated rings. The first-order valence-corrected chi connectivity index (χ1v) is 8.81. The molecule has 3 aromatic rings. The molecule has 2 heterocycles. The number of methoxy groups -OCH3 is 1. The van der Waals surface area contributed by atoms with Crippen molar-refractivity contribution in [1.29, 1.82) is 0 Å². The standard InChI is InChI=1S/C18H14F2N2O5S/c1-25-13-4-2-3-10(15(13)26-18(19)20)7-12(8-14(23)24)17-21-16(22-27-17)11-5-6-28-9-11/h2-7,9,18H,8H2,1H3,(H,23,24)/p-1/b12-7+. The van der Waals surface area contributed by atoms with Crippen LogP contribution in [0.5, 0.6) is 11.5 Å². The molecule has 1 aromatic carbocycles. The number of rotatable bonds is 8. The van der Waals surface area contributed by atoms with Crippen molar-refractivity contribution in [2.24, 2.45) is 0 Å². The van der Waals surface area contributed by atoms with Crippen LogP contribution in [0.4, 0.5) is 8.78 Å². The average molecular weight is 407 g/mol. The molecule has 0 radical (unpaired) electrons. The molecule has 0 aliphatic rings. The molecule has 0 amide bonds. The van der Waals surface area contributed by atoms with Crippen LogP contribution >= 0.6 is 11.3 Å². The maximum atomic E-state index is 12.8. The van der Waals surface area contributed by atoms with Crippen molar-refractivity contribution in [3.05, 3.63) is 46.5 Å². The zero-order valence-electron chi connectivity index (χ0n) is 14.4. The Kier molecular flexibility index (Phi) is 5.99. The number of carbonyl (C=O) groups excluding carboxylic acids is 1. The molecular weight excluding hydrogens is 394 g/mol. The van der Waals surface area contributed by atoms with Gasteiger partial charge in [0.15, 0.2) is 11.5 Å². The van der Waals surface area contributed by atoms with Crippen molar-refractivity contribution in [3.63, 3.8) is 0 Å². The van der Waals surface area contributed by atoms with E-state index in [1.807, 2.05) is 5.38 Å². The average Bonchev–Trinajstić information content (AvgIpc) is 3.33. The van der Waals surface area contributed by atoms with Crippen LogP contribution in [-0.4, -0.2) is 29.8 Å². The van der Waals surface area contributed by atoms with E-state index < -0.39 is 19.0 Å². The zero-order valence-corrected chi connectivity index (χ0v) is 15.2. The lowest BCUT2D eigenvalue weighted by molar-refractivity contribution is -0.304.